The van der Waals surface area contributed by atoms with Crippen LogP contribution in [0.3, 0.4) is 0 Å². The second kappa shape index (κ2) is 20.3. The molecule has 14 rings (SSSR count). The standard InChI is InChI=1S/C77H54N2/c1-7-25-55(26-8-1)56-43-46-64(47-44-56)78(62-34-15-5-16-35-62)66-51-59(68-38-21-22-40-70(68)73-49-45-57-27-19-20-39-69(57)76(73)58-28-9-2-10-29-58)52-67(53-66)79(63-36-17-6-18-37-63)65-48-50-72-71-41-23-24-42-74(71)77(75(72)54-65,60-30-11-3-12-31-60)61-32-13-4-14-33-61/h1-54H. The van der Waals surface area contributed by atoms with Gasteiger partial charge in [-0.2, -0.15) is 0 Å². The van der Waals surface area contributed by atoms with Gasteiger partial charge in [-0.15, -0.1) is 0 Å². The van der Waals surface area contributed by atoms with Gasteiger partial charge in [0.25, 0.3) is 0 Å². The van der Waals surface area contributed by atoms with Crippen LogP contribution in [0, 0.1) is 0 Å². The summed E-state index contributed by atoms with van der Waals surface area (Å²) >= 11 is 0. The first-order valence-electron chi connectivity index (χ1n) is 27.2. The molecule has 0 N–H and O–H groups in total. The van der Waals surface area contributed by atoms with Crippen molar-refractivity contribution in [3.63, 3.8) is 0 Å². The topological polar surface area (TPSA) is 6.48 Å². The zero-order chi connectivity index (χ0) is 52.5. The van der Waals surface area contributed by atoms with E-state index in [0.717, 1.165) is 50.8 Å². The number of para-hydroxylation sites is 2. The minimum atomic E-state index is -0.578. The van der Waals surface area contributed by atoms with E-state index in [0.29, 0.717) is 0 Å². The van der Waals surface area contributed by atoms with Crippen LogP contribution >= 0.6 is 0 Å². The summed E-state index contributed by atoms with van der Waals surface area (Å²) in [4.78, 5) is 4.88. The number of nitrogens with zero attached hydrogens (tertiary/aromatic N) is 2. The number of hydrogen-bond donors (Lipinski definition) is 0. The van der Waals surface area contributed by atoms with Crippen molar-refractivity contribution in [1.82, 2.24) is 0 Å². The van der Waals surface area contributed by atoms with E-state index >= 15 is 0 Å². The Hall–Kier alpha value is -10.3. The molecule has 0 fully saturated rings. The van der Waals surface area contributed by atoms with E-state index in [-0.39, 0.29) is 0 Å². The summed E-state index contributed by atoms with van der Waals surface area (Å²) in [6.45, 7) is 0. The lowest BCUT2D eigenvalue weighted by molar-refractivity contribution is 0.768. The van der Waals surface area contributed by atoms with Crippen LogP contribution in [0.1, 0.15) is 22.3 Å². The van der Waals surface area contributed by atoms with Crippen molar-refractivity contribution >= 4 is 44.9 Å². The Labute approximate surface area is 463 Å². The van der Waals surface area contributed by atoms with Gasteiger partial charge in [0.2, 0.25) is 0 Å². The fourth-order valence-electron chi connectivity index (χ4n) is 12.4. The lowest BCUT2D eigenvalue weighted by Gasteiger charge is -2.35. The largest absolute Gasteiger partial charge is 0.310 e. The second-order valence-corrected chi connectivity index (χ2v) is 20.4. The molecule has 1 aliphatic carbocycles. The van der Waals surface area contributed by atoms with Crippen molar-refractivity contribution in [3.8, 4) is 55.6 Å². The van der Waals surface area contributed by atoms with E-state index in [4.69, 9.17) is 0 Å². The molecule has 1 aliphatic rings. The number of fused-ring (bicyclic) bond motifs is 4. The molecule has 0 aliphatic heterocycles. The molecule has 2 heteroatoms. The van der Waals surface area contributed by atoms with Gasteiger partial charge in [0.05, 0.1) is 5.41 Å². The Morgan fingerprint density at radius 2 is 0.646 bits per heavy atom. The van der Waals surface area contributed by atoms with Crippen molar-refractivity contribution in [2.75, 3.05) is 9.80 Å². The average molecular weight is 1010 g/mol. The molecule has 0 aromatic heterocycles. The number of hydrogen-bond acceptors (Lipinski definition) is 2. The van der Waals surface area contributed by atoms with Gasteiger partial charge in [-0.05, 0) is 155 Å². The molecule has 79 heavy (non-hydrogen) atoms. The minimum absolute atomic E-state index is 0.578. The summed E-state index contributed by atoms with van der Waals surface area (Å²) in [7, 11) is 0. The molecule has 0 saturated heterocycles. The summed E-state index contributed by atoms with van der Waals surface area (Å²) in [5.74, 6) is 0. The molecule has 0 atom stereocenters. The van der Waals surface area contributed by atoms with E-state index in [1.807, 2.05) is 0 Å². The maximum Gasteiger partial charge on any atom is 0.0714 e. The van der Waals surface area contributed by atoms with Crippen LogP contribution in [0.2, 0.25) is 0 Å². The predicted octanol–water partition coefficient (Wildman–Crippen LogP) is 20.8. The first-order chi connectivity index (χ1) is 39.2. The van der Waals surface area contributed by atoms with Gasteiger partial charge < -0.3 is 9.80 Å². The first kappa shape index (κ1) is 47.2. The molecule has 13 aromatic rings. The van der Waals surface area contributed by atoms with Crippen LogP contribution in [0.25, 0.3) is 66.4 Å². The Morgan fingerprint density at radius 1 is 0.215 bits per heavy atom. The zero-order valence-electron chi connectivity index (χ0n) is 43.6. The molecule has 0 heterocycles. The molecule has 0 unspecified atom stereocenters. The summed E-state index contributed by atoms with van der Waals surface area (Å²) in [6, 6.07) is 120. The lowest BCUT2D eigenvalue weighted by Crippen LogP contribution is -2.28. The van der Waals surface area contributed by atoms with E-state index in [9.17, 15) is 0 Å². The monoisotopic (exact) mass is 1010 g/mol. The molecule has 0 spiro atoms. The Kier molecular flexibility index (Phi) is 12.2. The average Bonchev–Trinajstić information content (AvgIpc) is 3.86. The number of rotatable bonds is 12. The maximum atomic E-state index is 2.47. The van der Waals surface area contributed by atoms with Crippen molar-refractivity contribution < 1.29 is 0 Å². The first-order valence-corrected chi connectivity index (χ1v) is 27.2. The normalized spacial score (nSPS) is 12.2. The Balaban J connectivity index is 1.04. The Bertz CT molecular complexity index is 4230. The second-order valence-electron chi connectivity index (χ2n) is 20.4. The van der Waals surface area contributed by atoms with E-state index in [1.54, 1.807) is 0 Å². The van der Waals surface area contributed by atoms with Crippen LogP contribution in [-0.4, -0.2) is 0 Å². The van der Waals surface area contributed by atoms with Gasteiger partial charge >= 0.3 is 0 Å². The van der Waals surface area contributed by atoms with E-state index in [2.05, 4.69) is 337 Å². The van der Waals surface area contributed by atoms with Gasteiger partial charge in [0.1, 0.15) is 0 Å². The third-order valence-electron chi connectivity index (χ3n) is 15.9. The van der Waals surface area contributed by atoms with Crippen LogP contribution in [0.5, 0.6) is 0 Å². The molecular formula is C77H54N2. The summed E-state index contributed by atoms with van der Waals surface area (Å²) in [6.07, 6.45) is 0. The Morgan fingerprint density at radius 3 is 1.27 bits per heavy atom. The van der Waals surface area contributed by atoms with Gasteiger partial charge in [0.15, 0.2) is 0 Å². The quantitative estimate of drug-likeness (QED) is 0.120. The third kappa shape index (κ3) is 8.39. The van der Waals surface area contributed by atoms with Gasteiger partial charge in [-0.3, -0.25) is 0 Å². The van der Waals surface area contributed by atoms with Crippen molar-refractivity contribution in [3.05, 3.63) is 350 Å². The lowest BCUT2D eigenvalue weighted by atomic mass is 9.67. The highest BCUT2D eigenvalue weighted by Crippen LogP contribution is 2.58. The molecular weight excluding hydrogens is 953 g/mol. The molecule has 2 nitrogen and oxygen atoms in total. The number of anilines is 6. The van der Waals surface area contributed by atoms with Crippen molar-refractivity contribution in [2.24, 2.45) is 0 Å². The maximum absolute atomic E-state index is 2.47. The minimum Gasteiger partial charge on any atom is -0.310 e. The molecule has 0 saturated carbocycles. The van der Waals surface area contributed by atoms with Gasteiger partial charge in [-0.1, -0.05) is 261 Å². The molecule has 372 valence electrons. The molecule has 0 amide bonds. The SMILES string of the molecule is c1ccc(-c2ccc(N(c3ccccc3)c3cc(-c4ccccc4-c4ccc5ccccc5c4-c4ccccc4)cc(N(c4ccccc4)c4ccc5c(c4)C(c4ccccc4)(c4ccccc4)c4ccccc4-5)c3)cc2)cc1. The fraction of sp³-hybridized carbons (Fsp3) is 0.0130. The summed E-state index contributed by atoms with van der Waals surface area (Å²) in [5, 5.41) is 2.43. The van der Waals surface area contributed by atoms with E-state index < -0.39 is 5.41 Å². The third-order valence-corrected chi connectivity index (χ3v) is 15.9. The van der Waals surface area contributed by atoms with Crippen molar-refractivity contribution in [1.29, 1.82) is 0 Å². The van der Waals surface area contributed by atoms with Crippen LogP contribution < -0.4 is 9.80 Å². The van der Waals surface area contributed by atoms with E-state index in [1.165, 1.54) is 72.0 Å². The van der Waals surface area contributed by atoms with Crippen LogP contribution in [-0.2, 0) is 5.41 Å². The van der Waals surface area contributed by atoms with Crippen LogP contribution in [0.15, 0.2) is 328 Å². The van der Waals surface area contributed by atoms with Crippen molar-refractivity contribution in [2.45, 2.75) is 5.41 Å². The predicted molar refractivity (Wildman–Crippen MR) is 332 cm³/mol. The molecule has 0 bridgehead atoms. The van der Waals surface area contributed by atoms with Gasteiger partial charge in [-0.25, -0.2) is 0 Å². The smallest absolute Gasteiger partial charge is 0.0714 e. The van der Waals surface area contributed by atoms with Gasteiger partial charge in [0, 0.05) is 34.1 Å². The number of benzene rings is 13. The molecule has 13 aromatic carbocycles. The fourth-order valence-corrected chi connectivity index (χ4v) is 12.4. The highest BCUT2D eigenvalue weighted by molar-refractivity contribution is 6.06. The highest BCUT2D eigenvalue weighted by Gasteiger charge is 2.46. The summed E-state index contributed by atoms with van der Waals surface area (Å²) in [5.41, 5.74) is 22.5. The highest BCUT2D eigenvalue weighted by atomic mass is 15.2. The molecule has 0 radical (unpaired) electrons. The summed E-state index contributed by atoms with van der Waals surface area (Å²) < 4.78 is 0. The van der Waals surface area contributed by atoms with Crippen LogP contribution in [0.4, 0.5) is 34.1 Å². The zero-order valence-corrected chi connectivity index (χ0v) is 43.6.